The van der Waals surface area contributed by atoms with Crippen LogP contribution < -0.4 is 10.6 Å². The summed E-state index contributed by atoms with van der Waals surface area (Å²) in [5.41, 5.74) is 1.16. The number of anilines is 2. The van der Waals surface area contributed by atoms with Crippen molar-refractivity contribution in [3.05, 3.63) is 11.9 Å². The predicted octanol–water partition coefficient (Wildman–Crippen LogP) is 3.24. The first-order valence-corrected chi connectivity index (χ1v) is 7.84. The zero-order chi connectivity index (χ0) is 15.9. The first-order valence-electron chi connectivity index (χ1n) is 7.84. The van der Waals surface area contributed by atoms with Crippen molar-refractivity contribution in [2.45, 2.75) is 53.4 Å². The molecule has 0 unspecified atom stereocenters. The van der Waals surface area contributed by atoms with Crippen LogP contribution in [-0.4, -0.2) is 34.8 Å². The van der Waals surface area contributed by atoms with Gasteiger partial charge in [0.2, 0.25) is 0 Å². The van der Waals surface area contributed by atoms with E-state index in [1.165, 1.54) is 0 Å². The Morgan fingerprint density at radius 3 is 2.33 bits per heavy atom. The zero-order valence-corrected chi connectivity index (χ0v) is 14.0. The highest BCUT2D eigenvalue weighted by Gasteiger charge is 2.20. The number of nitrogens with zero attached hydrogens (tertiary/aromatic N) is 2. The van der Waals surface area contributed by atoms with Crippen LogP contribution in [0.5, 0.6) is 0 Å². The van der Waals surface area contributed by atoms with Crippen LogP contribution in [0, 0.1) is 5.41 Å². The third-order valence-electron chi connectivity index (χ3n) is 3.53. The Bertz CT molecular complexity index is 432. The lowest BCUT2D eigenvalue weighted by molar-refractivity contribution is 0.220. The summed E-state index contributed by atoms with van der Waals surface area (Å²) in [6.07, 6.45) is 3.43. The van der Waals surface area contributed by atoms with Crippen molar-refractivity contribution in [1.82, 2.24) is 9.97 Å². The van der Waals surface area contributed by atoms with Gasteiger partial charge in [0.1, 0.15) is 18.0 Å². The number of aliphatic hydroxyl groups excluding tert-OH is 1. The summed E-state index contributed by atoms with van der Waals surface area (Å²) in [6, 6.07) is 0. The van der Waals surface area contributed by atoms with E-state index in [1.807, 2.05) is 0 Å². The van der Waals surface area contributed by atoms with Crippen LogP contribution in [0.25, 0.3) is 0 Å². The first kappa shape index (κ1) is 17.7. The number of nitrogens with one attached hydrogen (secondary N) is 2. The fraction of sp³-hybridized carbons (Fsp3) is 0.750. The van der Waals surface area contributed by atoms with Crippen LogP contribution in [-0.2, 0) is 0 Å². The summed E-state index contributed by atoms with van der Waals surface area (Å²) in [4.78, 5) is 8.78. The maximum Gasteiger partial charge on any atom is 0.135 e. The minimum atomic E-state index is 0.0327. The molecular weight excluding hydrogens is 264 g/mol. The van der Waals surface area contributed by atoms with Crippen molar-refractivity contribution in [3.63, 3.8) is 0 Å². The molecule has 0 aliphatic carbocycles. The third kappa shape index (κ3) is 5.50. The van der Waals surface area contributed by atoms with Crippen molar-refractivity contribution in [3.8, 4) is 0 Å². The van der Waals surface area contributed by atoms with Gasteiger partial charge in [-0.05, 0) is 24.2 Å². The third-order valence-corrected chi connectivity index (χ3v) is 3.53. The summed E-state index contributed by atoms with van der Waals surface area (Å²) in [7, 11) is 0. The second-order valence-electron chi connectivity index (χ2n) is 6.56. The molecule has 5 nitrogen and oxygen atoms in total. The molecule has 0 aliphatic heterocycles. The maximum atomic E-state index is 9.12. The highest BCUT2D eigenvalue weighted by molar-refractivity contribution is 5.59. The predicted molar refractivity (Wildman–Crippen MR) is 88.9 cm³/mol. The first-order chi connectivity index (χ1) is 9.91. The van der Waals surface area contributed by atoms with Gasteiger partial charge in [-0.25, -0.2) is 9.97 Å². The Balaban J connectivity index is 2.90. The molecule has 0 aliphatic rings. The molecule has 1 rings (SSSR count). The highest BCUT2D eigenvalue weighted by atomic mass is 16.3. The molecule has 0 radical (unpaired) electrons. The van der Waals surface area contributed by atoms with Crippen LogP contribution in [0.15, 0.2) is 6.33 Å². The molecule has 1 aromatic heterocycles. The normalized spacial score (nSPS) is 11.8. The van der Waals surface area contributed by atoms with E-state index >= 15 is 0 Å². The summed E-state index contributed by atoms with van der Waals surface area (Å²) in [5, 5.41) is 15.9. The van der Waals surface area contributed by atoms with Gasteiger partial charge in [-0.2, -0.15) is 0 Å². The van der Waals surface area contributed by atoms with Crippen LogP contribution in [0.1, 0.15) is 58.9 Å². The minimum absolute atomic E-state index is 0.0327. The van der Waals surface area contributed by atoms with Crippen LogP contribution in [0.4, 0.5) is 11.6 Å². The van der Waals surface area contributed by atoms with E-state index in [-0.39, 0.29) is 12.0 Å². The molecule has 0 atom stereocenters. The van der Waals surface area contributed by atoms with Crippen LogP contribution in [0.2, 0.25) is 0 Å². The molecule has 21 heavy (non-hydrogen) atoms. The number of aromatic nitrogens is 2. The molecule has 1 heterocycles. The fourth-order valence-electron chi connectivity index (χ4n) is 2.18. The van der Waals surface area contributed by atoms with E-state index in [0.717, 1.165) is 43.1 Å². The van der Waals surface area contributed by atoms with Gasteiger partial charge in [0.25, 0.3) is 0 Å². The van der Waals surface area contributed by atoms with Crippen molar-refractivity contribution < 1.29 is 5.11 Å². The smallest absolute Gasteiger partial charge is 0.135 e. The molecule has 1 aromatic rings. The Morgan fingerprint density at radius 1 is 1.19 bits per heavy atom. The Kier molecular flexibility index (Phi) is 6.89. The summed E-state index contributed by atoms with van der Waals surface area (Å²) in [6.45, 7) is 12.6. The van der Waals surface area contributed by atoms with Gasteiger partial charge in [0, 0.05) is 25.3 Å². The van der Waals surface area contributed by atoms with Crippen molar-refractivity contribution in [2.75, 3.05) is 30.3 Å². The summed E-state index contributed by atoms with van der Waals surface area (Å²) >= 11 is 0. The van der Waals surface area contributed by atoms with E-state index in [0.29, 0.717) is 5.92 Å². The van der Waals surface area contributed by atoms with E-state index in [4.69, 9.17) is 5.11 Å². The monoisotopic (exact) mass is 294 g/mol. The fourth-order valence-corrected chi connectivity index (χ4v) is 2.18. The average Bonchev–Trinajstić information content (AvgIpc) is 2.42. The largest absolute Gasteiger partial charge is 0.396 e. The van der Waals surface area contributed by atoms with Gasteiger partial charge in [-0.1, -0.05) is 34.6 Å². The Morgan fingerprint density at radius 2 is 1.81 bits per heavy atom. The molecule has 0 saturated carbocycles. The maximum absolute atomic E-state index is 9.12. The van der Waals surface area contributed by atoms with Gasteiger partial charge in [-0.3, -0.25) is 0 Å². The van der Waals surface area contributed by atoms with Gasteiger partial charge < -0.3 is 15.7 Å². The number of rotatable bonds is 9. The molecule has 3 N–H and O–H groups in total. The second-order valence-corrected chi connectivity index (χ2v) is 6.56. The molecule has 0 spiro atoms. The standard InChI is InChI=1S/C16H30N4O/c1-6-8-17-14-13(12(2)3)15(20-11-19-14)18-10-16(4,5)7-9-21/h11-12,21H,6-10H2,1-5H3,(H2,17,18,19,20). The number of hydrogen-bond donors (Lipinski definition) is 3. The van der Waals surface area contributed by atoms with Crippen LogP contribution >= 0.6 is 0 Å². The quantitative estimate of drug-likeness (QED) is 0.652. The molecule has 120 valence electrons. The highest BCUT2D eigenvalue weighted by Crippen LogP contribution is 2.29. The Labute approximate surface area is 128 Å². The van der Waals surface area contributed by atoms with Gasteiger partial charge in [0.15, 0.2) is 0 Å². The van der Waals surface area contributed by atoms with Crippen molar-refractivity contribution >= 4 is 11.6 Å². The Hall–Kier alpha value is -1.36. The van der Waals surface area contributed by atoms with Crippen molar-refractivity contribution in [2.24, 2.45) is 5.41 Å². The lowest BCUT2D eigenvalue weighted by Crippen LogP contribution is -2.25. The van der Waals surface area contributed by atoms with Crippen molar-refractivity contribution in [1.29, 1.82) is 0 Å². The molecule has 0 saturated heterocycles. The molecule has 0 fully saturated rings. The minimum Gasteiger partial charge on any atom is -0.396 e. The molecule has 0 aromatic carbocycles. The van der Waals surface area contributed by atoms with E-state index in [1.54, 1.807) is 6.33 Å². The van der Waals surface area contributed by atoms with E-state index in [2.05, 4.69) is 55.2 Å². The summed E-state index contributed by atoms with van der Waals surface area (Å²) in [5.74, 6) is 2.16. The van der Waals surface area contributed by atoms with Gasteiger partial charge >= 0.3 is 0 Å². The summed E-state index contributed by atoms with van der Waals surface area (Å²) < 4.78 is 0. The van der Waals surface area contributed by atoms with E-state index < -0.39 is 0 Å². The lowest BCUT2D eigenvalue weighted by atomic mass is 9.89. The average molecular weight is 294 g/mol. The van der Waals surface area contributed by atoms with E-state index in [9.17, 15) is 0 Å². The second kappa shape index (κ2) is 8.17. The molecule has 5 heteroatoms. The molecule has 0 amide bonds. The topological polar surface area (TPSA) is 70.1 Å². The van der Waals surface area contributed by atoms with Gasteiger partial charge in [0.05, 0.1) is 0 Å². The van der Waals surface area contributed by atoms with Gasteiger partial charge in [-0.15, -0.1) is 0 Å². The number of aliphatic hydroxyl groups is 1. The SMILES string of the molecule is CCCNc1ncnc(NCC(C)(C)CCO)c1C(C)C. The number of hydrogen-bond acceptors (Lipinski definition) is 5. The van der Waals surface area contributed by atoms with Crippen LogP contribution in [0.3, 0.4) is 0 Å². The molecular formula is C16H30N4O. The zero-order valence-electron chi connectivity index (χ0n) is 14.0. The lowest BCUT2D eigenvalue weighted by Gasteiger charge is -2.26. The molecule has 0 bridgehead atoms.